The van der Waals surface area contributed by atoms with Crippen LogP contribution in [-0.4, -0.2) is 42.7 Å². The first kappa shape index (κ1) is 18.9. The molecule has 7 heteroatoms. The molecule has 0 radical (unpaired) electrons. The molecular formula is C23H22N2O4S. The van der Waals surface area contributed by atoms with E-state index in [-0.39, 0.29) is 11.9 Å². The number of nitrogens with zero attached hydrogens (tertiary/aromatic N) is 2. The molecule has 1 saturated heterocycles. The van der Waals surface area contributed by atoms with Crippen LogP contribution in [0.5, 0.6) is 17.2 Å². The summed E-state index contributed by atoms with van der Waals surface area (Å²) < 4.78 is 17.9. The Labute approximate surface area is 178 Å². The zero-order valence-corrected chi connectivity index (χ0v) is 17.5. The lowest BCUT2D eigenvalue weighted by molar-refractivity contribution is -0.126. The first-order valence-corrected chi connectivity index (χ1v) is 10.9. The summed E-state index contributed by atoms with van der Waals surface area (Å²) >= 11 is 1.67. The molecule has 0 saturated carbocycles. The quantitative estimate of drug-likeness (QED) is 0.581. The number of methoxy groups -OCH3 is 1. The van der Waals surface area contributed by atoms with Crippen molar-refractivity contribution in [1.82, 2.24) is 9.88 Å². The van der Waals surface area contributed by atoms with Crippen molar-refractivity contribution < 1.29 is 19.0 Å². The number of hydrogen-bond donors (Lipinski definition) is 0. The number of hydrogen-bond acceptors (Lipinski definition) is 6. The van der Waals surface area contributed by atoms with Gasteiger partial charge in [0.15, 0.2) is 11.5 Å². The van der Waals surface area contributed by atoms with Gasteiger partial charge in [-0.1, -0.05) is 12.1 Å². The lowest BCUT2D eigenvalue weighted by Crippen LogP contribution is -2.28. The van der Waals surface area contributed by atoms with E-state index in [9.17, 15) is 4.79 Å². The fourth-order valence-corrected chi connectivity index (χ4v) is 5.09. The maximum absolute atomic E-state index is 13.0. The Morgan fingerprint density at radius 3 is 3.00 bits per heavy atom. The number of likely N-dealkylation sites (tertiary alicyclic amines) is 1. The van der Waals surface area contributed by atoms with E-state index in [0.29, 0.717) is 30.5 Å². The Hall–Kier alpha value is -3.06. The van der Waals surface area contributed by atoms with Gasteiger partial charge in [-0.2, -0.15) is 0 Å². The van der Waals surface area contributed by atoms with E-state index in [0.717, 1.165) is 40.2 Å². The molecule has 1 atom stereocenters. The van der Waals surface area contributed by atoms with Crippen LogP contribution in [-0.2, 0) is 4.79 Å². The molecule has 3 heterocycles. The first-order valence-electron chi connectivity index (χ1n) is 10.0. The molecule has 5 rings (SSSR count). The first-order chi connectivity index (χ1) is 14.7. The van der Waals surface area contributed by atoms with Crippen molar-refractivity contribution >= 4 is 33.5 Å². The van der Waals surface area contributed by atoms with Crippen molar-refractivity contribution in [2.24, 2.45) is 0 Å². The third-order valence-electron chi connectivity index (χ3n) is 5.40. The minimum Gasteiger partial charge on any atom is -0.493 e. The predicted octanol–water partition coefficient (Wildman–Crippen LogP) is 4.45. The summed E-state index contributed by atoms with van der Waals surface area (Å²) in [6.07, 6.45) is 5.35. The molecule has 1 aromatic heterocycles. The summed E-state index contributed by atoms with van der Waals surface area (Å²) in [4.78, 5) is 19.7. The molecule has 154 valence electrons. The van der Waals surface area contributed by atoms with Crippen molar-refractivity contribution in [3.05, 3.63) is 53.0 Å². The number of aromatic nitrogens is 1. The summed E-state index contributed by atoms with van der Waals surface area (Å²) in [5.74, 6) is 1.85. The van der Waals surface area contributed by atoms with Gasteiger partial charge in [-0.25, -0.2) is 4.98 Å². The Kier molecular flexibility index (Phi) is 5.04. The van der Waals surface area contributed by atoms with Crippen LogP contribution in [0.4, 0.5) is 0 Å². The van der Waals surface area contributed by atoms with Crippen LogP contribution < -0.4 is 14.2 Å². The number of para-hydroxylation sites is 1. The Morgan fingerprint density at radius 2 is 2.13 bits per heavy atom. The third kappa shape index (κ3) is 3.50. The van der Waals surface area contributed by atoms with Crippen LogP contribution in [0.25, 0.3) is 16.3 Å². The molecule has 30 heavy (non-hydrogen) atoms. The Balaban J connectivity index is 1.37. The second-order valence-corrected chi connectivity index (χ2v) is 8.35. The average Bonchev–Trinajstić information content (AvgIpc) is 3.43. The van der Waals surface area contributed by atoms with E-state index in [2.05, 4.69) is 6.07 Å². The molecule has 1 fully saturated rings. The molecule has 1 amide bonds. The number of rotatable bonds is 4. The van der Waals surface area contributed by atoms with E-state index in [4.69, 9.17) is 19.2 Å². The normalized spacial score (nSPS) is 18.3. The number of carbonyl (C=O) groups excluding carboxylic acids is 1. The molecule has 2 aromatic carbocycles. The van der Waals surface area contributed by atoms with Crippen LogP contribution in [0.15, 0.2) is 42.5 Å². The van der Waals surface area contributed by atoms with Crippen LogP contribution in [0, 0.1) is 0 Å². The van der Waals surface area contributed by atoms with Crippen LogP contribution in [0.2, 0.25) is 0 Å². The van der Waals surface area contributed by atoms with E-state index in [1.807, 2.05) is 35.2 Å². The van der Waals surface area contributed by atoms with E-state index < -0.39 is 0 Å². The molecule has 0 spiro atoms. The van der Waals surface area contributed by atoms with Crippen molar-refractivity contribution in [2.75, 3.05) is 26.9 Å². The predicted molar refractivity (Wildman–Crippen MR) is 116 cm³/mol. The van der Waals surface area contributed by atoms with Gasteiger partial charge in [-0.05, 0) is 48.7 Å². The maximum atomic E-state index is 13.0. The zero-order valence-electron chi connectivity index (χ0n) is 16.7. The van der Waals surface area contributed by atoms with Gasteiger partial charge in [0.05, 0.1) is 23.4 Å². The van der Waals surface area contributed by atoms with E-state index in [1.165, 1.54) is 0 Å². The SMILES string of the molecule is COc1cc(C=CC(=O)N2CCCC2c2nc3ccccc3s2)cc2c1OCCO2. The van der Waals surface area contributed by atoms with Crippen molar-refractivity contribution in [3.8, 4) is 17.2 Å². The summed E-state index contributed by atoms with van der Waals surface area (Å²) in [5, 5.41) is 1.01. The highest BCUT2D eigenvalue weighted by atomic mass is 32.1. The van der Waals surface area contributed by atoms with Gasteiger partial charge in [0.25, 0.3) is 0 Å². The van der Waals surface area contributed by atoms with Crippen LogP contribution >= 0.6 is 11.3 Å². The highest BCUT2D eigenvalue weighted by Crippen LogP contribution is 2.41. The topological polar surface area (TPSA) is 60.9 Å². The minimum atomic E-state index is -0.00869. The number of fused-ring (bicyclic) bond motifs is 2. The second-order valence-electron chi connectivity index (χ2n) is 7.29. The molecule has 1 unspecified atom stereocenters. The molecule has 3 aromatic rings. The monoisotopic (exact) mass is 422 g/mol. The maximum Gasteiger partial charge on any atom is 0.247 e. The lowest BCUT2D eigenvalue weighted by Gasteiger charge is -2.22. The van der Waals surface area contributed by atoms with Gasteiger partial charge < -0.3 is 19.1 Å². The number of thiazole rings is 1. The molecular weight excluding hydrogens is 400 g/mol. The van der Waals surface area contributed by atoms with Gasteiger partial charge in [0.2, 0.25) is 11.7 Å². The summed E-state index contributed by atoms with van der Waals surface area (Å²) in [7, 11) is 1.60. The number of ether oxygens (including phenoxy) is 3. The molecule has 0 N–H and O–H groups in total. The van der Waals surface area contributed by atoms with Crippen molar-refractivity contribution in [2.45, 2.75) is 18.9 Å². The highest BCUT2D eigenvalue weighted by Gasteiger charge is 2.31. The molecule has 6 nitrogen and oxygen atoms in total. The van der Waals surface area contributed by atoms with Crippen molar-refractivity contribution in [1.29, 1.82) is 0 Å². The van der Waals surface area contributed by atoms with Crippen molar-refractivity contribution in [3.63, 3.8) is 0 Å². The molecule has 0 bridgehead atoms. The summed E-state index contributed by atoms with van der Waals surface area (Å²) in [6, 6.07) is 11.9. The van der Waals surface area contributed by atoms with Gasteiger partial charge in [-0.15, -0.1) is 11.3 Å². The third-order valence-corrected chi connectivity index (χ3v) is 6.54. The molecule has 2 aliphatic heterocycles. The molecule has 2 aliphatic rings. The van der Waals surface area contributed by atoms with E-state index >= 15 is 0 Å². The second kappa shape index (κ2) is 7.99. The number of benzene rings is 2. The van der Waals surface area contributed by atoms with Gasteiger partial charge >= 0.3 is 0 Å². The van der Waals surface area contributed by atoms with Gasteiger partial charge in [-0.3, -0.25) is 4.79 Å². The smallest absolute Gasteiger partial charge is 0.247 e. The summed E-state index contributed by atoms with van der Waals surface area (Å²) in [6.45, 7) is 1.74. The largest absolute Gasteiger partial charge is 0.493 e. The van der Waals surface area contributed by atoms with Gasteiger partial charge in [0, 0.05) is 12.6 Å². The van der Waals surface area contributed by atoms with Gasteiger partial charge in [0.1, 0.15) is 18.2 Å². The fraction of sp³-hybridized carbons (Fsp3) is 0.304. The minimum absolute atomic E-state index is 0.00869. The average molecular weight is 423 g/mol. The number of carbonyl (C=O) groups is 1. The fourth-order valence-electron chi connectivity index (χ4n) is 3.97. The highest BCUT2D eigenvalue weighted by molar-refractivity contribution is 7.18. The Morgan fingerprint density at radius 1 is 1.27 bits per heavy atom. The van der Waals surface area contributed by atoms with Crippen LogP contribution in [0.3, 0.4) is 0 Å². The number of amides is 1. The zero-order chi connectivity index (χ0) is 20.5. The van der Waals surface area contributed by atoms with E-state index in [1.54, 1.807) is 30.6 Å². The summed E-state index contributed by atoms with van der Waals surface area (Å²) in [5.41, 5.74) is 1.83. The molecule has 0 aliphatic carbocycles. The van der Waals surface area contributed by atoms with Crippen LogP contribution in [0.1, 0.15) is 29.5 Å². The Bertz CT molecular complexity index is 1070. The lowest BCUT2D eigenvalue weighted by atomic mass is 10.1. The standard InChI is InChI=1S/C23H22N2O4S/c1-27-18-13-15(14-19-22(18)29-12-11-28-19)8-9-21(26)25-10-4-6-17(25)23-24-16-5-2-3-7-20(16)30-23/h2-3,5,7-9,13-14,17H,4,6,10-12H2,1H3.